The summed E-state index contributed by atoms with van der Waals surface area (Å²) in [5.74, 6) is -16.9. The Hall–Kier alpha value is -2.34. The van der Waals surface area contributed by atoms with E-state index in [2.05, 4.69) is 13.8 Å². The molecule has 372 valence electrons. The number of carbonyl (C=O) groups excluding carboxylic acids is 2. The first kappa shape index (κ1) is 57.0. The zero-order valence-electron chi connectivity index (χ0n) is 40.4. The Balaban J connectivity index is 1.44. The van der Waals surface area contributed by atoms with Crippen LogP contribution in [-0.2, 0) is 31.9 Å². The first-order valence-electron chi connectivity index (χ1n) is 25.6. The Morgan fingerprint density at radius 1 is 0.446 bits per heavy atom. The number of alkyl halides is 6. The van der Waals surface area contributed by atoms with Gasteiger partial charge in [0.25, 0.3) is 0 Å². The highest BCUT2D eigenvalue weighted by Crippen LogP contribution is 2.66. The minimum absolute atomic E-state index is 0.0537. The van der Waals surface area contributed by atoms with Gasteiger partial charge < -0.3 is 9.47 Å². The molecule has 0 saturated carbocycles. The van der Waals surface area contributed by atoms with Crippen LogP contribution in [0, 0.1) is 13.8 Å². The second-order valence-corrected chi connectivity index (χ2v) is 20.8. The van der Waals surface area contributed by atoms with Gasteiger partial charge in [-0.15, -0.1) is 22.7 Å². The molecule has 4 nitrogen and oxygen atoms in total. The standard InChI is InChI=1S/C53H82F6O4S2/c1-5-7-9-11-13-15-17-19-21-23-25-27-29-31-37-62-45(60)35-33-43-39-41(3)49(64-43)47-48(52(56,57)53(58,59)51(47,54)55)50-42(4)40-44(65-50)34-36-46(61)63-38-32-30-28-26-24-22-20-18-16-14-12-10-8-6-2/h39-40H,5-38H2,1-4H3. The van der Waals surface area contributed by atoms with Crippen LogP contribution < -0.4 is 0 Å². The van der Waals surface area contributed by atoms with E-state index in [1.165, 1.54) is 154 Å². The minimum atomic E-state index is -5.67. The van der Waals surface area contributed by atoms with Gasteiger partial charge in [-0.05, 0) is 62.8 Å². The van der Waals surface area contributed by atoms with E-state index in [9.17, 15) is 9.59 Å². The molecule has 1 aliphatic rings. The third-order valence-electron chi connectivity index (χ3n) is 12.7. The summed E-state index contributed by atoms with van der Waals surface area (Å²) in [6.45, 7) is 7.88. The number of carbonyl (C=O) groups is 2. The highest BCUT2D eigenvalue weighted by Gasteiger charge is 2.80. The predicted molar refractivity (Wildman–Crippen MR) is 259 cm³/mol. The van der Waals surface area contributed by atoms with Crippen LogP contribution >= 0.6 is 22.7 Å². The van der Waals surface area contributed by atoms with Crippen molar-refractivity contribution in [2.24, 2.45) is 0 Å². The molecule has 12 heteroatoms. The van der Waals surface area contributed by atoms with Gasteiger partial charge in [0.15, 0.2) is 0 Å². The van der Waals surface area contributed by atoms with Crippen molar-refractivity contribution < 1.29 is 45.4 Å². The van der Waals surface area contributed by atoms with Crippen molar-refractivity contribution in [1.29, 1.82) is 0 Å². The molecule has 0 spiro atoms. The summed E-state index contributed by atoms with van der Waals surface area (Å²) < 4.78 is 104. The SMILES string of the molecule is CCCCCCCCCCCCCCCCOC(=O)CCc1cc(C)c(C2=C(c3sc(CCC(=O)OCCCCCCCCCCCCCCCC)cc3C)C(F)(F)C(F)(F)C2(F)F)s1. The van der Waals surface area contributed by atoms with Crippen LogP contribution in [0.1, 0.15) is 237 Å². The molecular formula is C53H82F6O4S2. The van der Waals surface area contributed by atoms with Gasteiger partial charge in [0, 0.05) is 19.5 Å². The Labute approximate surface area is 396 Å². The van der Waals surface area contributed by atoms with Crippen molar-refractivity contribution in [2.45, 2.75) is 251 Å². The third-order valence-corrected chi connectivity index (χ3v) is 15.4. The van der Waals surface area contributed by atoms with Gasteiger partial charge >= 0.3 is 29.7 Å². The Morgan fingerprint density at radius 3 is 0.985 bits per heavy atom. The highest BCUT2D eigenvalue weighted by atomic mass is 32.1. The van der Waals surface area contributed by atoms with E-state index in [0.29, 0.717) is 9.75 Å². The fraction of sp³-hybridized carbons (Fsp3) is 0.774. The summed E-state index contributed by atoms with van der Waals surface area (Å²) in [5.41, 5.74) is -2.47. The Bertz CT molecular complexity index is 1560. The lowest BCUT2D eigenvalue weighted by molar-refractivity contribution is -0.254. The van der Waals surface area contributed by atoms with Crippen LogP contribution in [0.4, 0.5) is 26.3 Å². The summed E-state index contributed by atoms with van der Waals surface area (Å²) >= 11 is 1.46. The monoisotopic (exact) mass is 961 g/mol. The van der Waals surface area contributed by atoms with Crippen molar-refractivity contribution in [2.75, 3.05) is 13.2 Å². The van der Waals surface area contributed by atoms with Crippen molar-refractivity contribution in [3.8, 4) is 0 Å². The zero-order valence-corrected chi connectivity index (χ0v) is 42.0. The smallest absolute Gasteiger partial charge is 0.380 e. The number of thiophene rings is 2. The summed E-state index contributed by atoms with van der Waals surface area (Å²) in [6.07, 6.45) is 34.0. The minimum Gasteiger partial charge on any atom is -0.466 e. The Kier molecular flexibility index (Phi) is 27.1. The van der Waals surface area contributed by atoms with Gasteiger partial charge in [0.1, 0.15) is 0 Å². The molecule has 2 heterocycles. The first-order chi connectivity index (χ1) is 31.2. The predicted octanol–water partition coefficient (Wildman–Crippen LogP) is 18.2. The number of hydrogen-bond donors (Lipinski definition) is 0. The number of halogens is 6. The van der Waals surface area contributed by atoms with Gasteiger partial charge in [-0.3, -0.25) is 9.59 Å². The van der Waals surface area contributed by atoms with Crippen molar-refractivity contribution in [3.05, 3.63) is 42.8 Å². The van der Waals surface area contributed by atoms with Gasteiger partial charge in [-0.25, -0.2) is 0 Å². The van der Waals surface area contributed by atoms with Crippen LogP contribution in [0.3, 0.4) is 0 Å². The molecule has 0 N–H and O–H groups in total. The van der Waals surface area contributed by atoms with E-state index in [4.69, 9.17) is 9.47 Å². The van der Waals surface area contributed by atoms with Crippen LogP contribution in [-0.4, -0.2) is 42.9 Å². The van der Waals surface area contributed by atoms with Crippen LogP contribution in [0.25, 0.3) is 11.1 Å². The second-order valence-electron chi connectivity index (χ2n) is 18.6. The number of ether oxygens (including phenoxy) is 2. The van der Waals surface area contributed by atoms with Gasteiger partial charge in [-0.1, -0.05) is 181 Å². The fourth-order valence-corrected chi connectivity index (χ4v) is 11.2. The molecule has 0 saturated heterocycles. The molecule has 0 aliphatic heterocycles. The third kappa shape index (κ3) is 18.9. The quantitative estimate of drug-likeness (QED) is 0.0382. The maximum absolute atomic E-state index is 15.7. The molecule has 1 aliphatic carbocycles. The average molecular weight is 961 g/mol. The van der Waals surface area contributed by atoms with Crippen molar-refractivity contribution >= 4 is 45.8 Å². The molecule has 3 rings (SSSR count). The zero-order chi connectivity index (χ0) is 47.6. The van der Waals surface area contributed by atoms with Crippen LogP contribution in [0.2, 0.25) is 0 Å². The lowest BCUT2D eigenvalue weighted by Crippen LogP contribution is -2.48. The maximum atomic E-state index is 15.7. The molecular weight excluding hydrogens is 879 g/mol. The molecule has 0 fully saturated rings. The van der Waals surface area contributed by atoms with Crippen molar-refractivity contribution in [1.82, 2.24) is 0 Å². The lowest BCUT2D eigenvalue weighted by atomic mass is 10.0. The number of allylic oxidation sites excluding steroid dienone is 2. The highest BCUT2D eigenvalue weighted by molar-refractivity contribution is 7.14. The lowest BCUT2D eigenvalue weighted by Gasteiger charge is -2.25. The normalized spacial score (nSPS) is 15.3. The van der Waals surface area contributed by atoms with E-state index in [1.807, 2.05) is 0 Å². The van der Waals surface area contributed by atoms with E-state index in [1.54, 1.807) is 0 Å². The summed E-state index contributed by atoms with van der Waals surface area (Å²) in [4.78, 5) is 25.2. The molecule has 0 aromatic carbocycles. The summed E-state index contributed by atoms with van der Waals surface area (Å²) in [6, 6.07) is 2.99. The molecule has 2 aromatic heterocycles. The molecule has 0 radical (unpaired) electrons. The van der Waals surface area contributed by atoms with Gasteiger partial charge in [0.05, 0.1) is 37.2 Å². The number of unbranched alkanes of at least 4 members (excludes halogenated alkanes) is 26. The molecule has 65 heavy (non-hydrogen) atoms. The number of aryl methyl sites for hydroxylation is 4. The van der Waals surface area contributed by atoms with E-state index < -0.39 is 40.9 Å². The fourth-order valence-electron chi connectivity index (χ4n) is 8.74. The topological polar surface area (TPSA) is 52.6 Å². The number of rotatable bonds is 38. The molecule has 0 atom stereocenters. The Morgan fingerprint density at radius 2 is 0.708 bits per heavy atom. The molecule has 0 amide bonds. The first-order valence-corrected chi connectivity index (χ1v) is 27.2. The summed E-state index contributed by atoms with van der Waals surface area (Å²) in [5, 5.41) is 0. The summed E-state index contributed by atoms with van der Waals surface area (Å²) in [7, 11) is 0. The van der Waals surface area contributed by atoms with Crippen LogP contribution in [0.5, 0.6) is 0 Å². The van der Waals surface area contributed by atoms with Crippen molar-refractivity contribution in [3.63, 3.8) is 0 Å². The number of esters is 2. The van der Waals surface area contributed by atoms with Crippen LogP contribution in [0.15, 0.2) is 12.1 Å². The van der Waals surface area contributed by atoms with Gasteiger partial charge in [-0.2, -0.15) is 26.3 Å². The van der Waals surface area contributed by atoms with E-state index in [-0.39, 0.29) is 59.8 Å². The largest absolute Gasteiger partial charge is 0.466 e. The number of hydrogen-bond acceptors (Lipinski definition) is 6. The maximum Gasteiger partial charge on any atom is 0.380 e. The second kappa shape index (κ2) is 30.9. The van der Waals surface area contributed by atoms with Gasteiger partial charge in [0.2, 0.25) is 0 Å². The molecule has 2 aromatic rings. The van der Waals surface area contributed by atoms with E-state index >= 15 is 26.3 Å². The molecule has 0 bridgehead atoms. The average Bonchev–Trinajstić information content (AvgIpc) is 3.85. The van der Waals surface area contributed by atoms with E-state index in [0.717, 1.165) is 74.0 Å². The molecule has 0 unspecified atom stereocenters.